The Labute approximate surface area is 141 Å². The Hall–Kier alpha value is -2.18. The molecule has 2 atom stereocenters. The Morgan fingerprint density at radius 1 is 1.33 bits per heavy atom. The van der Waals surface area contributed by atoms with Gasteiger partial charge in [0.1, 0.15) is 6.10 Å². The number of hydrogen-bond donors (Lipinski definition) is 1. The molecule has 6 nitrogen and oxygen atoms in total. The van der Waals surface area contributed by atoms with Gasteiger partial charge in [0.05, 0.1) is 19.3 Å². The molecule has 6 heteroatoms. The second kappa shape index (κ2) is 7.59. The number of rotatable bonds is 5. The molecule has 0 radical (unpaired) electrons. The van der Waals surface area contributed by atoms with E-state index in [0.717, 1.165) is 11.3 Å². The van der Waals surface area contributed by atoms with Crippen LogP contribution in [0.4, 0.5) is 0 Å². The van der Waals surface area contributed by atoms with Crippen LogP contribution in [0.3, 0.4) is 0 Å². The number of carbonyl (C=O) groups excluding carboxylic acids is 1. The largest absolute Gasteiger partial charge is 0.394 e. The van der Waals surface area contributed by atoms with Crippen LogP contribution in [0.25, 0.3) is 0 Å². The van der Waals surface area contributed by atoms with Crippen molar-refractivity contribution in [2.75, 3.05) is 19.8 Å². The molecule has 0 saturated carbocycles. The highest BCUT2D eigenvalue weighted by molar-refractivity contribution is 5.77. The van der Waals surface area contributed by atoms with E-state index in [9.17, 15) is 9.90 Å². The second-order valence-electron chi connectivity index (χ2n) is 5.98. The van der Waals surface area contributed by atoms with Gasteiger partial charge in [-0.2, -0.15) is 5.10 Å². The van der Waals surface area contributed by atoms with Gasteiger partial charge in [0.2, 0.25) is 5.91 Å². The third-order valence-corrected chi connectivity index (χ3v) is 4.51. The van der Waals surface area contributed by atoms with Crippen LogP contribution in [0.1, 0.15) is 23.7 Å². The standard InChI is InChI=1S/C18H23N3O3/c1-20-15(9-10-19-20)7-8-17(23)21-11-12-24-16(13-22)18(21)14-5-3-2-4-6-14/h2-6,9-10,16,18,22H,7-8,11-13H2,1H3/t16-,18-/m1/s1. The first-order valence-corrected chi connectivity index (χ1v) is 8.24. The number of ether oxygens (including phenoxy) is 1. The monoisotopic (exact) mass is 329 g/mol. The van der Waals surface area contributed by atoms with E-state index >= 15 is 0 Å². The van der Waals surface area contributed by atoms with Crippen molar-refractivity contribution in [3.63, 3.8) is 0 Å². The summed E-state index contributed by atoms with van der Waals surface area (Å²) in [6, 6.07) is 11.5. The van der Waals surface area contributed by atoms with E-state index in [1.54, 1.807) is 10.9 Å². The quantitative estimate of drug-likeness (QED) is 0.898. The lowest BCUT2D eigenvalue weighted by molar-refractivity contribution is -0.149. The van der Waals surface area contributed by atoms with Gasteiger partial charge in [-0.05, 0) is 18.1 Å². The summed E-state index contributed by atoms with van der Waals surface area (Å²) in [4.78, 5) is 14.7. The minimum atomic E-state index is -0.387. The number of benzene rings is 1. The lowest BCUT2D eigenvalue weighted by atomic mass is 9.97. The summed E-state index contributed by atoms with van der Waals surface area (Å²) in [5.74, 6) is 0.0757. The smallest absolute Gasteiger partial charge is 0.223 e. The number of nitrogens with zero attached hydrogens (tertiary/aromatic N) is 3. The SMILES string of the molecule is Cn1nccc1CCC(=O)N1CCO[C@H](CO)[C@H]1c1ccccc1. The molecule has 0 spiro atoms. The molecule has 2 aromatic rings. The lowest BCUT2D eigenvalue weighted by Crippen LogP contribution is -2.49. The molecule has 1 fully saturated rings. The Bertz CT molecular complexity index is 671. The topological polar surface area (TPSA) is 67.6 Å². The van der Waals surface area contributed by atoms with Gasteiger partial charge < -0.3 is 14.7 Å². The molecule has 0 aliphatic carbocycles. The summed E-state index contributed by atoms with van der Waals surface area (Å²) >= 11 is 0. The van der Waals surface area contributed by atoms with Crippen LogP contribution in [0.15, 0.2) is 42.6 Å². The molecule has 1 saturated heterocycles. The first-order chi connectivity index (χ1) is 11.7. The summed E-state index contributed by atoms with van der Waals surface area (Å²) in [7, 11) is 1.88. The highest BCUT2D eigenvalue weighted by Gasteiger charge is 2.35. The normalized spacial score (nSPS) is 21.0. The van der Waals surface area contributed by atoms with E-state index in [2.05, 4.69) is 5.10 Å². The Morgan fingerprint density at radius 3 is 2.79 bits per heavy atom. The highest BCUT2D eigenvalue weighted by Crippen LogP contribution is 2.30. The fraction of sp³-hybridized carbons (Fsp3) is 0.444. The minimum absolute atomic E-state index is 0.0757. The Kier molecular flexibility index (Phi) is 5.27. The van der Waals surface area contributed by atoms with Crippen molar-refractivity contribution in [2.24, 2.45) is 7.05 Å². The van der Waals surface area contributed by atoms with Crippen LogP contribution < -0.4 is 0 Å². The van der Waals surface area contributed by atoms with Gasteiger partial charge in [0.15, 0.2) is 0 Å². The van der Waals surface area contributed by atoms with Crippen LogP contribution in [-0.4, -0.2) is 51.6 Å². The second-order valence-corrected chi connectivity index (χ2v) is 5.98. The van der Waals surface area contributed by atoms with Gasteiger partial charge in [-0.3, -0.25) is 9.48 Å². The van der Waals surface area contributed by atoms with Crippen molar-refractivity contribution in [1.29, 1.82) is 0 Å². The van der Waals surface area contributed by atoms with Crippen LogP contribution >= 0.6 is 0 Å². The predicted molar refractivity (Wildman–Crippen MR) is 89.3 cm³/mol. The zero-order valence-electron chi connectivity index (χ0n) is 13.8. The van der Waals surface area contributed by atoms with Crippen molar-refractivity contribution in [3.05, 3.63) is 53.9 Å². The molecule has 1 amide bonds. The fourth-order valence-corrected chi connectivity index (χ4v) is 3.24. The molecule has 24 heavy (non-hydrogen) atoms. The number of morpholine rings is 1. The molecule has 1 N–H and O–H groups in total. The fourth-order valence-electron chi connectivity index (χ4n) is 3.24. The molecule has 0 unspecified atom stereocenters. The molecule has 128 valence electrons. The molecule has 1 aliphatic rings. The van der Waals surface area contributed by atoms with Gasteiger partial charge in [-0.25, -0.2) is 0 Å². The van der Waals surface area contributed by atoms with Crippen molar-refractivity contribution < 1.29 is 14.6 Å². The predicted octanol–water partition coefficient (Wildman–Crippen LogP) is 1.31. The lowest BCUT2D eigenvalue weighted by Gasteiger charge is -2.41. The van der Waals surface area contributed by atoms with E-state index < -0.39 is 0 Å². The highest BCUT2D eigenvalue weighted by atomic mass is 16.5. The van der Waals surface area contributed by atoms with Gasteiger partial charge in [-0.15, -0.1) is 0 Å². The number of aliphatic hydroxyl groups is 1. The first-order valence-electron chi connectivity index (χ1n) is 8.24. The molecule has 1 aromatic heterocycles. The van der Waals surface area contributed by atoms with Crippen molar-refractivity contribution >= 4 is 5.91 Å². The maximum absolute atomic E-state index is 12.8. The molecule has 3 rings (SSSR count). The van der Waals surface area contributed by atoms with Crippen LogP contribution in [0, 0.1) is 0 Å². The van der Waals surface area contributed by atoms with E-state index in [-0.39, 0.29) is 24.7 Å². The van der Waals surface area contributed by atoms with Gasteiger partial charge >= 0.3 is 0 Å². The van der Waals surface area contributed by atoms with Crippen molar-refractivity contribution in [2.45, 2.75) is 25.0 Å². The molecular formula is C18H23N3O3. The molecule has 2 heterocycles. The van der Waals surface area contributed by atoms with Gasteiger partial charge in [0, 0.05) is 31.9 Å². The third-order valence-electron chi connectivity index (χ3n) is 4.51. The van der Waals surface area contributed by atoms with Crippen LogP contribution in [0.5, 0.6) is 0 Å². The number of amides is 1. The molecule has 1 aromatic carbocycles. The number of aromatic nitrogens is 2. The third kappa shape index (κ3) is 3.49. The summed E-state index contributed by atoms with van der Waals surface area (Å²) in [6.45, 7) is 0.886. The maximum Gasteiger partial charge on any atom is 0.223 e. The Morgan fingerprint density at radius 2 is 2.12 bits per heavy atom. The average Bonchev–Trinajstić information content (AvgIpc) is 3.04. The van der Waals surface area contributed by atoms with Gasteiger partial charge in [-0.1, -0.05) is 30.3 Å². The number of aryl methyl sites for hydroxylation is 2. The number of carbonyl (C=O) groups is 1. The van der Waals surface area contributed by atoms with Gasteiger partial charge in [0.25, 0.3) is 0 Å². The average molecular weight is 329 g/mol. The minimum Gasteiger partial charge on any atom is -0.394 e. The van der Waals surface area contributed by atoms with Crippen molar-refractivity contribution in [1.82, 2.24) is 14.7 Å². The van der Waals surface area contributed by atoms with E-state index in [1.807, 2.05) is 48.3 Å². The first kappa shape index (κ1) is 16.7. The summed E-state index contributed by atoms with van der Waals surface area (Å²) < 4.78 is 7.48. The summed E-state index contributed by atoms with van der Waals surface area (Å²) in [6.07, 6.45) is 2.42. The maximum atomic E-state index is 12.8. The number of aliphatic hydroxyl groups excluding tert-OH is 1. The van der Waals surface area contributed by atoms with E-state index in [0.29, 0.717) is 26.0 Å². The van der Waals surface area contributed by atoms with E-state index in [1.165, 1.54) is 0 Å². The van der Waals surface area contributed by atoms with E-state index in [4.69, 9.17) is 4.74 Å². The summed E-state index contributed by atoms with van der Waals surface area (Å²) in [5, 5.41) is 13.8. The molecule has 1 aliphatic heterocycles. The zero-order chi connectivity index (χ0) is 16.9. The molecular weight excluding hydrogens is 306 g/mol. The zero-order valence-corrected chi connectivity index (χ0v) is 13.8. The van der Waals surface area contributed by atoms with Crippen molar-refractivity contribution in [3.8, 4) is 0 Å². The molecule has 0 bridgehead atoms. The number of hydrogen-bond acceptors (Lipinski definition) is 4. The van der Waals surface area contributed by atoms with Crippen LogP contribution in [0.2, 0.25) is 0 Å². The summed E-state index contributed by atoms with van der Waals surface area (Å²) in [5.41, 5.74) is 2.02. The Balaban J connectivity index is 1.75. The van der Waals surface area contributed by atoms with Crippen LogP contribution in [-0.2, 0) is 23.0 Å².